The van der Waals surface area contributed by atoms with E-state index >= 15 is 0 Å². The van der Waals surface area contributed by atoms with Gasteiger partial charge in [-0.25, -0.2) is 0 Å². The predicted molar refractivity (Wildman–Crippen MR) is 78.4 cm³/mol. The number of hydrogen-bond acceptors (Lipinski definition) is 2. The molecule has 2 rings (SSSR count). The van der Waals surface area contributed by atoms with Gasteiger partial charge in [-0.1, -0.05) is 36.2 Å². The average Bonchev–Trinajstić information content (AvgIpc) is 2.33. The van der Waals surface area contributed by atoms with Gasteiger partial charge in [-0.05, 0) is 31.0 Å². The van der Waals surface area contributed by atoms with E-state index in [1.807, 2.05) is 18.2 Å². The first-order valence-corrected chi connectivity index (χ1v) is 7.19. The second-order valence-electron chi connectivity index (χ2n) is 5.29. The minimum absolute atomic E-state index is 0.219. The second-order valence-corrected chi connectivity index (χ2v) is 6.13. The number of benzene rings is 1. The van der Waals surface area contributed by atoms with E-state index in [2.05, 4.69) is 24.1 Å². The highest BCUT2D eigenvalue weighted by molar-refractivity contribution is 6.35. The molecule has 0 bridgehead atoms. The van der Waals surface area contributed by atoms with Crippen LogP contribution in [0.3, 0.4) is 0 Å². The summed E-state index contributed by atoms with van der Waals surface area (Å²) in [6.45, 7) is 8.56. The van der Waals surface area contributed by atoms with Crippen molar-refractivity contribution in [2.24, 2.45) is 0 Å². The third-order valence-corrected chi connectivity index (χ3v) is 4.33. The Morgan fingerprint density at radius 3 is 2.83 bits per heavy atom. The average molecular weight is 287 g/mol. The first-order chi connectivity index (χ1) is 8.52. The van der Waals surface area contributed by atoms with Crippen molar-refractivity contribution in [3.63, 3.8) is 0 Å². The van der Waals surface area contributed by atoms with Crippen LogP contribution in [0.4, 0.5) is 0 Å². The van der Waals surface area contributed by atoms with Gasteiger partial charge in [0.2, 0.25) is 0 Å². The summed E-state index contributed by atoms with van der Waals surface area (Å²) in [4.78, 5) is 2.45. The molecule has 1 heterocycles. The molecule has 1 fully saturated rings. The molecule has 100 valence electrons. The molecule has 1 aliphatic heterocycles. The van der Waals surface area contributed by atoms with E-state index in [0.29, 0.717) is 5.02 Å². The molecule has 0 amide bonds. The third kappa shape index (κ3) is 3.39. The van der Waals surface area contributed by atoms with Gasteiger partial charge in [-0.15, -0.1) is 0 Å². The van der Waals surface area contributed by atoms with Crippen LogP contribution in [0.2, 0.25) is 10.0 Å². The molecular formula is C14H20Cl2N2. The molecule has 0 saturated carbocycles. The first-order valence-electron chi connectivity index (χ1n) is 6.44. The smallest absolute Gasteiger partial charge is 0.0465 e. The maximum atomic E-state index is 6.23. The van der Waals surface area contributed by atoms with Crippen molar-refractivity contribution < 1.29 is 0 Å². The van der Waals surface area contributed by atoms with E-state index in [4.69, 9.17) is 23.2 Å². The van der Waals surface area contributed by atoms with Crippen molar-refractivity contribution in [2.75, 3.05) is 19.6 Å². The SMILES string of the molecule is CCC1(C)CN(Cc2ccc(Cl)cc2Cl)CCN1. The van der Waals surface area contributed by atoms with Crippen molar-refractivity contribution in [3.8, 4) is 0 Å². The number of piperazine rings is 1. The minimum Gasteiger partial charge on any atom is -0.309 e. The normalized spacial score (nSPS) is 25.3. The second kappa shape index (κ2) is 5.79. The van der Waals surface area contributed by atoms with Gasteiger partial charge in [0.05, 0.1) is 0 Å². The number of nitrogens with one attached hydrogen (secondary N) is 1. The molecule has 0 aromatic heterocycles. The van der Waals surface area contributed by atoms with Crippen LogP contribution in [0.1, 0.15) is 25.8 Å². The molecule has 1 aliphatic rings. The summed E-state index contributed by atoms with van der Waals surface area (Å²) in [6.07, 6.45) is 1.14. The summed E-state index contributed by atoms with van der Waals surface area (Å²) < 4.78 is 0. The number of rotatable bonds is 3. The van der Waals surface area contributed by atoms with Crippen LogP contribution in [-0.4, -0.2) is 30.1 Å². The Kier molecular flexibility index (Phi) is 4.54. The van der Waals surface area contributed by atoms with Crippen LogP contribution >= 0.6 is 23.2 Å². The van der Waals surface area contributed by atoms with E-state index < -0.39 is 0 Å². The van der Waals surface area contributed by atoms with Crippen LogP contribution in [0, 0.1) is 0 Å². The van der Waals surface area contributed by atoms with Crippen LogP contribution < -0.4 is 5.32 Å². The molecule has 1 N–H and O–H groups in total. The zero-order valence-corrected chi connectivity index (χ0v) is 12.5. The Hall–Kier alpha value is -0.280. The van der Waals surface area contributed by atoms with Crippen molar-refractivity contribution in [3.05, 3.63) is 33.8 Å². The molecule has 0 radical (unpaired) electrons. The van der Waals surface area contributed by atoms with Crippen molar-refractivity contribution in [2.45, 2.75) is 32.4 Å². The lowest BCUT2D eigenvalue weighted by Crippen LogP contribution is -2.58. The maximum absolute atomic E-state index is 6.23. The molecule has 18 heavy (non-hydrogen) atoms. The van der Waals surface area contributed by atoms with Gasteiger partial charge in [0, 0.05) is 41.8 Å². The van der Waals surface area contributed by atoms with Crippen molar-refractivity contribution in [1.29, 1.82) is 0 Å². The Balaban J connectivity index is 2.05. The molecule has 2 nitrogen and oxygen atoms in total. The highest BCUT2D eigenvalue weighted by Gasteiger charge is 2.28. The summed E-state index contributed by atoms with van der Waals surface area (Å²) in [5.74, 6) is 0. The van der Waals surface area contributed by atoms with Gasteiger partial charge < -0.3 is 5.32 Å². The van der Waals surface area contributed by atoms with E-state index in [1.54, 1.807) is 0 Å². The topological polar surface area (TPSA) is 15.3 Å². The van der Waals surface area contributed by atoms with Crippen LogP contribution in [0.5, 0.6) is 0 Å². The third-order valence-electron chi connectivity index (χ3n) is 3.74. The molecule has 4 heteroatoms. The Labute approximate surface area is 119 Å². The van der Waals surface area contributed by atoms with Crippen LogP contribution in [0.15, 0.2) is 18.2 Å². The summed E-state index contributed by atoms with van der Waals surface area (Å²) in [6, 6.07) is 5.75. The quantitative estimate of drug-likeness (QED) is 0.914. The summed E-state index contributed by atoms with van der Waals surface area (Å²) in [5.41, 5.74) is 1.37. The maximum Gasteiger partial charge on any atom is 0.0465 e. The van der Waals surface area contributed by atoms with Gasteiger partial charge >= 0.3 is 0 Å². The van der Waals surface area contributed by atoms with E-state index in [9.17, 15) is 0 Å². The van der Waals surface area contributed by atoms with E-state index in [1.165, 1.54) is 0 Å². The molecule has 0 spiro atoms. The lowest BCUT2D eigenvalue weighted by Gasteiger charge is -2.41. The largest absolute Gasteiger partial charge is 0.309 e. The highest BCUT2D eigenvalue weighted by Crippen LogP contribution is 2.24. The summed E-state index contributed by atoms with van der Waals surface area (Å²) in [7, 11) is 0. The van der Waals surface area contributed by atoms with Crippen LogP contribution in [0.25, 0.3) is 0 Å². The van der Waals surface area contributed by atoms with E-state index in [0.717, 1.165) is 43.2 Å². The molecular weight excluding hydrogens is 267 g/mol. The number of halogens is 2. The molecule has 1 aromatic rings. The Bertz CT molecular complexity index is 422. The summed E-state index contributed by atoms with van der Waals surface area (Å²) >= 11 is 12.1. The molecule has 0 aliphatic carbocycles. The molecule has 1 saturated heterocycles. The fraction of sp³-hybridized carbons (Fsp3) is 0.571. The van der Waals surface area contributed by atoms with Gasteiger partial charge in [0.15, 0.2) is 0 Å². The summed E-state index contributed by atoms with van der Waals surface area (Å²) in [5, 5.41) is 5.05. The zero-order valence-electron chi connectivity index (χ0n) is 11.0. The first kappa shape index (κ1) is 14.1. The van der Waals surface area contributed by atoms with Crippen LogP contribution in [-0.2, 0) is 6.54 Å². The monoisotopic (exact) mass is 286 g/mol. The predicted octanol–water partition coefficient (Wildman–Crippen LogP) is 3.57. The highest BCUT2D eigenvalue weighted by atomic mass is 35.5. The van der Waals surface area contributed by atoms with Gasteiger partial charge in [0.1, 0.15) is 0 Å². The Morgan fingerprint density at radius 1 is 1.39 bits per heavy atom. The molecule has 1 unspecified atom stereocenters. The number of hydrogen-bond donors (Lipinski definition) is 1. The Morgan fingerprint density at radius 2 is 2.17 bits per heavy atom. The van der Waals surface area contributed by atoms with E-state index in [-0.39, 0.29) is 5.54 Å². The van der Waals surface area contributed by atoms with Gasteiger partial charge in [-0.2, -0.15) is 0 Å². The minimum atomic E-state index is 0.219. The fourth-order valence-electron chi connectivity index (χ4n) is 2.41. The number of nitrogens with zero attached hydrogens (tertiary/aromatic N) is 1. The van der Waals surface area contributed by atoms with Gasteiger partial charge in [0.25, 0.3) is 0 Å². The lowest BCUT2D eigenvalue weighted by molar-refractivity contribution is 0.134. The van der Waals surface area contributed by atoms with Crippen molar-refractivity contribution >= 4 is 23.2 Å². The van der Waals surface area contributed by atoms with Gasteiger partial charge in [-0.3, -0.25) is 4.90 Å². The van der Waals surface area contributed by atoms with Crippen molar-refractivity contribution in [1.82, 2.24) is 10.2 Å². The standard InChI is InChI=1S/C14H20Cl2N2/c1-3-14(2)10-18(7-6-17-14)9-11-4-5-12(15)8-13(11)16/h4-5,8,17H,3,6-7,9-10H2,1-2H3. The zero-order chi connectivity index (χ0) is 13.2. The fourth-order valence-corrected chi connectivity index (χ4v) is 2.88. The molecule has 1 atom stereocenters. The molecule has 1 aromatic carbocycles. The lowest BCUT2D eigenvalue weighted by atomic mass is 9.95.